The molecule has 1 fully saturated rings. The molecule has 0 bridgehead atoms. The summed E-state index contributed by atoms with van der Waals surface area (Å²) < 4.78 is 5.93. The Hall–Kier alpha value is -3.60. The van der Waals surface area contributed by atoms with Gasteiger partial charge in [-0.2, -0.15) is 10.5 Å². The van der Waals surface area contributed by atoms with Gasteiger partial charge in [-0.1, -0.05) is 47.6 Å². The lowest BCUT2D eigenvalue weighted by molar-refractivity contribution is 0.0604. The van der Waals surface area contributed by atoms with Crippen molar-refractivity contribution in [3.05, 3.63) is 75.8 Å². The second kappa shape index (κ2) is 11.4. The van der Waals surface area contributed by atoms with E-state index < -0.39 is 6.10 Å². The number of rotatable bonds is 7. The van der Waals surface area contributed by atoms with Gasteiger partial charge in [0.25, 0.3) is 0 Å². The number of pyridine rings is 1. The van der Waals surface area contributed by atoms with E-state index in [2.05, 4.69) is 17.1 Å². The van der Waals surface area contributed by atoms with Crippen molar-refractivity contribution < 1.29 is 9.84 Å². The van der Waals surface area contributed by atoms with Crippen LogP contribution >= 0.6 is 34.7 Å². The quantitative estimate of drug-likeness (QED) is 0.248. The molecule has 0 aliphatic heterocycles. The number of aliphatic hydroxyl groups is 1. The molecule has 4 aromatic rings. The number of thiazole rings is 1. The second-order valence-corrected chi connectivity index (χ2v) is 11.0. The van der Waals surface area contributed by atoms with Gasteiger partial charge in [0, 0.05) is 27.3 Å². The molecule has 0 radical (unpaired) electrons. The van der Waals surface area contributed by atoms with E-state index in [1.54, 1.807) is 24.3 Å². The molecule has 1 saturated carbocycles. The Kier molecular flexibility index (Phi) is 7.82. The van der Waals surface area contributed by atoms with Crippen LogP contribution in [0.4, 0.5) is 5.82 Å². The van der Waals surface area contributed by atoms with Gasteiger partial charge in [0.1, 0.15) is 45.4 Å². The minimum atomic E-state index is -0.468. The van der Waals surface area contributed by atoms with Gasteiger partial charge in [-0.25, -0.2) is 9.97 Å². The van der Waals surface area contributed by atoms with Crippen LogP contribution in [-0.2, 0) is 5.75 Å². The van der Waals surface area contributed by atoms with Crippen molar-refractivity contribution in [3.8, 4) is 39.6 Å². The van der Waals surface area contributed by atoms with Crippen LogP contribution < -0.4 is 10.5 Å². The maximum atomic E-state index is 10.1. The van der Waals surface area contributed by atoms with Crippen molar-refractivity contribution in [2.75, 3.05) is 5.73 Å². The molecule has 0 unspecified atom stereocenters. The molecule has 2 aromatic carbocycles. The molecule has 1 aliphatic rings. The molecule has 190 valence electrons. The molecular formula is C28H22ClN5O2S2. The summed E-state index contributed by atoms with van der Waals surface area (Å²) in [5, 5.41) is 33.9. The van der Waals surface area contributed by atoms with E-state index in [-0.39, 0.29) is 23.0 Å². The Morgan fingerprint density at radius 1 is 1.03 bits per heavy atom. The summed E-state index contributed by atoms with van der Waals surface area (Å²) in [5.41, 5.74) is 9.54. The van der Waals surface area contributed by atoms with Crippen LogP contribution in [0.25, 0.3) is 21.7 Å². The molecule has 7 nitrogen and oxygen atoms in total. The van der Waals surface area contributed by atoms with Gasteiger partial charge in [0.05, 0.1) is 17.4 Å². The van der Waals surface area contributed by atoms with Gasteiger partial charge in [0.2, 0.25) is 0 Å². The summed E-state index contributed by atoms with van der Waals surface area (Å²) in [6.07, 6.45) is 1.78. The number of nitriles is 2. The van der Waals surface area contributed by atoms with Crippen LogP contribution in [0.1, 0.15) is 36.1 Å². The van der Waals surface area contributed by atoms with Crippen molar-refractivity contribution in [1.29, 1.82) is 10.5 Å². The number of hydrogen-bond acceptors (Lipinski definition) is 9. The number of anilines is 1. The van der Waals surface area contributed by atoms with E-state index in [1.165, 1.54) is 23.1 Å². The lowest BCUT2D eigenvalue weighted by Gasteiger charge is -2.18. The standard InChI is InChI=1S/C28H22ClN5O2S2/c29-18-8-4-17(5-9-18)27-33-19(14-37-27)15-38-28-22(13-31)25(21(12-30)26(32)34-28)16-6-10-20(11-7-16)36-24-3-1-2-23(24)35/h4-11,14,23-24,35H,1-3,15H2,(H2,32,34)/t23-,24-/m1/s1. The first-order chi connectivity index (χ1) is 18.5. The zero-order valence-electron chi connectivity index (χ0n) is 20.1. The van der Waals surface area contributed by atoms with Gasteiger partial charge < -0.3 is 15.6 Å². The largest absolute Gasteiger partial charge is 0.488 e. The molecule has 1 aliphatic carbocycles. The highest BCUT2D eigenvalue weighted by Gasteiger charge is 2.27. The fourth-order valence-corrected chi connectivity index (χ4v) is 6.30. The van der Waals surface area contributed by atoms with E-state index in [0.29, 0.717) is 32.7 Å². The average molecular weight is 560 g/mol. The third kappa shape index (κ3) is 5.47. The predicted octanol–water partition coefficient (Wildman–Crippen LogP) is 6.44. The monoisotopic (exact) mass is 559 g/mol. The fourth-order valence-electron chi connectivity index (χ4n) is 4.35. The average Bonchev–Trinajstić information content (AvgIpc) is 3.57. The molecular weight excluding hydrogens is 538 g/mol. The Balaban J connectivity index is 1.40. The van der Waals surface area contributed by atoms with Crippen molar-refractivity contribution >= 4 is 40.5 Å². The number of benzene rings is 2. The predicted molar refractivity (Wildman–Crippen MR) is 150 cm³/mol. The molecule has 0 saturated heterocycles. The third-order valence-corrected chi connectivity index (χ3v) is 8.46. The van der Waals surface area contributed by atoms with Crippen LogP contribution in [0, 0.1) is 22.7 Å². The zero-order chi connectivity index (χ0) is 26.6. The first-order valence-electron chi connectivity index (χ1n) is 11.9. The number of thioether (sulfide) groups is 1. The number of nitrogen functional groups attached to an aromatic ring is 1. The van der Waals surface area contributed by atoms with Crippen LogP contribution in [0.15, 0.2) is 58.9 Å². The number of aromatic nitrogens is 2. The normalized spacial score (nSPS) is 16.6. The second-order valence-electron chi connectivity index (χ2n) is 8.77. The number of nitrogens with two attached hydrogens (primary N) is 1. The molecule has 0 spiro atoms. The van der Waals surface area contributed by atoms with E-state index in [9.17, 15) is 15.6 Å². The van der Waals surface area contributed by atoms with Crippen LogP contribution in [0.2, 0.25) is 5.02 Å². The Morgan fingerprint density at radius 3 is 2.39 bits per heavy atom. The topological polar surface area (TPSA) is 129 Å². The SMILES string of the molecule is N#Cc1c(N)nc(SCc2csc(-c3ccc(Cl)cc3)n2)c(C#N)c1-c1ccc(O[C@@H]2CCC[C@H]2O)cc1. The van der Waals surface area contributed by atoms with Crippen molar-refractivity contribution in [2.45, 2.75) is 42.2 Å². The van der Waals surface area contributed by atoms with Gasteiger partial charge in [-0.15, -0.1) is 11.3 Å². The number of hydrogen-bond donors (Lipinski definition) is 2. The molecule has 3 N–H and O–H groups in total. The van der Waals surface area contributed by atoms with Crippen LogP contribution in [0.3, 0.4) is 0 Å². The van der Waals surface area contributed by atoms with Crippen LogP contribution in [0.5, 0.6) is 5.75 Å². The highest BCUT2D eigenvalue weighted by Crippen LogP contribution is 2.38. The zero-order valence-corrected chi connectivity index (χ0v) is 22.5. The Labute approximate surface area is 233 Å². The van der Waals surface area contributed by atoms with E-state index in [0.717, 1.165) is 35.5 Å². The summed E-state index contributed by atoms with van der Waals surface area (Å²) in [7, 11) is 0. The molecule has 38 heavy (non-hydrogen) atoms. The summed E-state index contributed by atoms with van der Waals surface area (Å²) in [5.74, 6) is 1.17. The number of nitrogens with zero attached hydrogens (tertiary/aromatic N) is 4. The Morgan fingerprint density at radius 2 is 1.74 bits per heavy atom. The lowest BCUT2D eigenvalue weighted by atomic mass is 9.97. The van der Waals surface area contributed by atoms with Gasteiger partial charge in [-0.3, -0.25) is 0 Å². The molecule has 2 aromatic heterocycles. The summed E-state index contributed by atoms with van der Waals surface area (Å²) in [6, 6.07) is 19.0. The van der Waals surface area contributed by atoms with Crippen molar-refractivity contribution in [2.24, 2.45) is 0 Å². The molecule has 10 heteroatoms. The van der Waals surface area contributed by atoms with E-state index in [4.69, 9.17) is 27.1 Å². The first-order valence-corrected chi connectivity index (χ1v) is 14.1. The first kappa shape index (κ1) is 26.0. The van der Waals surface area contributed by atoms with Gasteiger partial charge >= 0.3 is 0 Å². The highest BCUT2D eigenvalue weighted by molar-refractivity contribution is 7.98. The van der Waals surface area contributed by atoms with Crippen LogP contribution in [-0.4, -0.2) is 27.3 Å². The number of aliphatic hydroxyl groups excluding tert-OH is 1. The molecule has 5 rings (SSSR count). The highest BCUT2D eigenvalue weighted by atomic mass is 35.5. The Bertz CT molecular complexity index is 1540. The minimum Gasteiger partial charge on any atom is -0.488 e. The van der Waals surface area contributed by atoms with Crippen molar-refractivity contribution in [3.63, 3.8) is 0 Å². The maximum Gasteiger partial charge on any atom is 0.143 e. The van der Waals surface area contributed by atoms with Gasteiger partial charge in [-0.05, 0) is 49.1 Å². The summed E-state index contributed by atoms with van der Waals surface area (Å²) >= 11 is 8.87. The van der Waals surface area contributed by atoms with E-state index in [1.807, 2.05) is 29.6 Å². The van der Waals surface area contributed by atoms with Crippen molar-refractivity contribution in [1.82, 2.24) is 9.97 Å². The maximum absolute atomic E-state index is 10.1. The minimum absolute atomic E-state index is 0.0681. The smallest absolute Gasteiger partial charge is 0.143 e. The molecule has 2 atom stereocenters. The fraction of sp³-hybridized carbons (Fsp3) is 0.214. The summed E-state index contributed by atoms with van der Waals surface area (Å²) in [4.78, 5) is 9.09. The molecule has 0 amide bonds. The number of halogens is 1. The molecule has 2 heterocycles. The van der Waals surface area contributed by atoms with Gasteiger partial charge in [0.15, 0.2) is 0 Å². The third-order valence-electron chi connectivity index (χ3n) is 6.26. The summed E-state index contributed by atoms with van der Waals surface area (Å²) in [6.45, 7) is 0. The lowest BCUT2D eigenvalue weighted by Crippen LogP contribution is -2.25. The van der Waals surface area contributed by atoms with E-state index >= 15 is 0 Å². The number of ether oxygens (including phenoxy) is 1.